The van der Waals surface area contributed by atoms with Crippen molar-refractivity contribution in [3.05, 3.63) is 48.2 Å². The summed E-state index contributed by atoms with van der Waals surface area (Å²) in [5.74, 6) is 2.69. The van der Waals surface area contributed by atoms with E-state index in [4.69, 9.17) is 9.72 Å². The van der Waals surface area contributed by atoms with Crippen LogP contribution in [0.3, 0.4) is 0 Å². The van der Waals surface area contributed by atoms with E-state index in [1.807, 2.05) is 0 Å². The highest BCUT2D eigenvalue weighted by Crippen LogP contribution is 2.32. The van der Waals surface area contributed by atoms with Crippen molar-refractivity contribution in [3.8, 4) is 17.0 Å². The summed E-state index contributed by atoms with van der Waals surface area (Å²) in [7, 11) is 0. The van der Waals surface area contributed by atoms with Crippen LogP contribution in [0.2, 0.25) is 0 Å². The zero-order valence-electron chi connectivity index (χ0n) is 22.8. The zero-order chi connectivity index (χ0) is 24.6. The van der Waals surface area contributed by atoms with Gasteiger partial charge in [0.1, 0.15) is 5.75 Å². The van der Waals surface area contributed by atoms with Crippen LogP contribution in [-0.4, -0.2) is 11.6 Å². The van der Waals surface area contributed by atoms with Gasteiger partial charge in [-0.15, -0.1) is 0 Å². The molecule has 0 atom stereocenters. The molecule has 194 valence electrons. The Balaban J connectivity index is 1.32. The number of pyridine rings is 1. The molecule has 0 amide bonds. The summed E-state index contributed by atoms with van der Waals surface area (Å²) < 4.78 is 6.17. The van der Waals surface area contributed by atoms with Gasteiger partial charge in [-0.2, -0.15) is 0 Å². The van der Waals surface area contributed by atoms with Crippen molar-refractivity contribution in [2.24, 2.45) is 11.8 Å². The average Bonchev–Trinajstić information content (AvgIpc) is 2.91. The van der Waals surface area contributed by atoms with E-state index in [1.165, 1.54) is 114 Å². The largest absolute Gasteiger partial charge is 0.493 e. The molecule has 0 radical (unpaired) electrons. The molecule has 35 heavy (non-hydrogen) atoms. The molecular formula is C33H51NO. The number of hydrogen-bond donors (Lipinski definition) is 0. The summed E-state index contributed by atoms with van der Waals surface area (Å²) in [6.07, 6.45) is 25.3. The van der Waals surface area contributed by atoms with Crippen LogP contribution in [0.4, 0.5) is 0 Å². The Morgan fingerprint density at radius 1 is 0.686 bits per heavy atom. The predicted octanol–water partition coefficient (Wildman–Crippen LogP) is 10.2. The first-order chi connectivity index (χ1) is 17.3. The SMILES string of the molecule is CCCCCCCCCc1ccc(-c2ccc(OC[C@H]3CC[C@H](CCCCCC)CC3)cc2)nc1. The molecule has 0 unspecified atom stereocenters. The molecule has 3 rings (SSSR count). The highest BCUT2D eigenvalue weighted by molar-refractivity contribution is 5.60. The number of nitrogens with zero attached hydrogens (tertiary/aromatic N) is 1. The molecule has 0 spiro atoms. The number of ether oxygens (including phenoxy) is 1. The fourth-order valence-corrected chi connectivity index (χ4v) is 5.51. The van der Waals surface area contributed by atoms with Crippen molar-refractivity contribution in [1.82, 2.24) is 4.98 Å². The molecule has 1 aliphatic rings. The van der Waals surface area contributed by atoms with Crippen molar-refractivity contribution in [1.29, 1.82) is 0 Å². The smallest absolute Gasteiger partial charge is 0.119 e. The standard InChI is InChI=1S/C33H51NO/c1-3-5-7-9-10-11-13-15-29-20-25-33(34-26-29)31-21-23-32(24-22-31)35-27-30-18-16-28(17-19-30)14-12-8-6-4-2/h20-26,28,30H,3-19,27H2,1-2H3/t28-,30-. The normalized spacial score (nSPS) is 18.0. The van der Waals surface area contributed by atoms with Gasteiger partial charge in [0, 0.05) is 11.8 Å². The summed E-state index contributed by atoms with van der Waals surface area (Å²) in [5, 5.41) is 0. The molecule has 1 fully saturated rings. The maximum atomic E-state index is 6.17. The predicted molar refractivity (Wildman–Crippen MR) is 151 cm³/mol. The molecule has 0 bridgehead atoms. The number of unbranched alkanes of at least 4 members (excludes halogenated alkanes) is 9. The van der Waals surface area contributed by atoms with Crippen LogP contribution in [0.25, 0.3) is 11.3 Å². The van der Waals surface area contributed by atoms with Gasteiger partial charge < -0.3 is 4.74 Å². The Morgan fingerprint density at radius 2 is 1.31 bits per heavy atom. The van der Waals surface area contributed by atoms with E-state index < -0.39 is 0 Å². The van der Waals surface area contributed by atoms with E-state index in [9.17, 15) is 0 Å². The van der Waals surface area contributed by atoms with E-state index in [1.54, 1.807) is 0 Å². The Morgan fingerprint density at radius 3 is 1.97 bits per heavy atom. The molecule has 1 aromatic carbocycles. The fraction of sp³-hybridized carbons (Fsp3) is 0.667. The van der Waals surface area contributed by atoms with Crippen LogP contribution in [0.5, 0.6) is 5.75 Å². The topological polar surface area (TPSA) is 22.1 Å². The number of hydrogen-bond acceptors (Lipinski definition) is 2. The van der Waals surface area contributed by atoms with Crippen LogP contribution >= 0.6 is 0 Å². The second-order valence-electron chi connectivity index (χ2n) is 11.0. The lowest BCUT2D eigenvalue weighted by atomic mass is 9.80. The van der Waals surface area contributed by atoms with E-state index in [0.717, 1.165) is 36.3 Å². The third kappa shape index (κ3) is 10.8. The first-order valence-electron chi connectivity index (χ1n) is 15.0. The number of rotatable bonds is 17. The minimum absolute atomic E-state index is 0.729. The summed E-state index contributed by atoms with van der Waals surface area (Å²) >= 11 is 0. The summed E-state index contributed by atoms with van der Waals surface area (Å²) in [6, 6.07) is 13.0. The summed E-state index contributed by atoms with van der Waals surface area (Å²) in [5.41, 5.74) is 3.58. The van der Waals surface area contributed by atoms with Gasteiger partial charge in [-0.1, -0.05) is 103 Å². The average molecular weight is 478 g/mol. The maximum Gasteiger partial charge on any atom is 0.119 e. The van der Waals surface area contributed by atoms with Crippen LogP contribution in [0, 0.1) is 11.8 Å². The van der Waals surface area contributed by atoms with Crippen molar-refractivity contribution in [2.45, 2.75) is 123 Å². The minimum Gasteiger partial charge on any atom is -0.493 e. The van der Waals surface area contributed by atoms with Crippen LogP contribution in [0.1, 0.15) is 122 Å². The Bertz CT molecular complexity index is 774. The first kappa shape index (κ1) is 27.8. The highest BCUT2D eigenvalue weighted by atomic mass is 16.5. The van der Waals surface area contributed by atoms with Crippen LogP contribution in [0.15, 0.2) is 42.6 Å². The fourth-order valence-electron chi connectivity index (χ4n) is 5.51. The second kappa shape index (κ2) is 16.8. The van der Waals surface area contributed by atoms with Gasteiger partial charge in [0.05, 0.1) is 12.3 Å². The Labute approximate surface area is 216 Å². The lowest BCUT2D eigenvalue weighted by Crippen LogP contribution is -2.20. The molecule has 1 aliphatic carbocycles. The molecular weight excluding hydrogens is 426 g/mol. The number of benzene rings is 1. The second-order valence-corrected chi connectivity index (χ2v) is 11.0. The van der Waals surface area contributed by atoms with Gasteiger partial charge in [-0.3, -0.25) is 4.98 Å². The molecule has 0 N–H and O–H groups in total. The first-order valence-corrected chi connectivity index (χ1v) is 15.0. The molecule has 2 heteroatoms. The summed E-state index contributed by atoms with van der Waals surface area (Å²) in [6.45, 7) is 5.44. The lowest BCUT2D eigenvalue weighted by molar-refractivity contribution is 0.177. The van der Waals surface area contributed by atoms with Gasteiger partial charge in [-0.25, -0.2) is 0 Å². The van der Waals surface area contributed by atoms with Gasteiger partial charge in [0.15, 0.2) is 0 Å². The molecule has 2 nitrogen and oxygen atoms in total. The van der Waals surface area contributed by atoms with Gasteiger partial charge in [0.25, 0.3) is 0 Å². The third-order valence-electron chi connectivity index (χ3n) is 7.96. The quantitative estimate of drug-likeness (QED) is 0.211. The highest BCUT2D eigenvalue weighted by Gasteiger charge is 2.21. The molecule has 0 aliphatic heterocycles. The van der Waals surface area contributed by atoms with Crippen molar-refractivity contribution in [3.63, 3.8) is 0 Å². The monoisotopic (exact) mass is 477 g/mol. The van der Waals surface area contributed by atoms with Crippen LogP contribution in [-0.2, 0) is 6.42 Å². The Kier molecular flexibility index (Phi) is 13.3. The van der Waals surface area contributed by atoms with E-state index in [-0.39, 0.29) is 0 Å². The summed E-state index contributed by atoms with van der Waals surface area (Å²) in [4.78, 5) is 4.74. The number of aromatic nitrogens is 1. The van der Waals surface area contributed by atoms with Gasteiger partial charge in [-0.05, 0) is 73.4 Å². The zero-order valence-corrected chi connectivity index (χ0v) is 22.8. The van der Waals surface area contributed by atoms with Gasteiger partial charge in [0.2, 0.25) is 0 Å². The van der Waals surface area contributed by atoms with Crippen molar-refractivity contribution in [2.75, 3.05) is 6.61 Å². The molecule has 1 saturated carbocycles. The molecule has 1 aromatic heterocycles. The van der Waals surface area contributed by atoms with E-state index in [0.29, 0.717) is 0 Å². The van der Waals surface area contributed by atoms with Crippen molar-refractivity contribution < 1.29 is 4.74 Å². The van der Waals surface area contributed by atoms with Crippen molar-refractivity contribution >= 4 is 0 Å². The van der Waals surface area contributed by atoms with E-state index in [2.05, 4.69) is 56.4 Å². The lowest BCUT2D eigenvalue weighted by Gasteiger charge is -2.28. The minimum atomic E-state index is 0.729. The molecule has 1 heterocycles. The van der Waals surface area contributed by atoms with Crippen LogP contribution < -0.4 is 4.74 Å². The molecule has 2 aromatic rings. The molecule has 0 saturated heterocycles. The van der Waals surface area contributed by atoms with Gasteiger partial charge >= 0.3 is 0 Å². The Hall–Kier alpha value is -1.83. The third-order valence-corrected chi connectivity index (χ3v) is 7.96. The maximum absolute atomic E-state index is 6.17. The number of aryl methyl sites for hydroxylation is 1. The van der Waals surface area contributed by atoms with E-state index >= 15 is 0 Å².